The van der Waals surface area contributed by atoms with Crippen molar-refractivity contribution in [1.82, 2.24) is 15.3 Å². The van der Waals surface area contributed by atoms with Crippen LogP contribution >= 0.6 is 22.9 Å². The summed E-state index contributed by atoms with van der Waals surface area (Å²) in [4.78, 5) is 21.1. The Bertz CT molecular complexity index is 852. The van der Waals surface area contributed by atoms with Gasteiger partial charge in [0.05, 0.1) is 30.6 Å². The fraction of sp³-hybridized carbons (Fsp3) is 0.118. The van der Waals surface area contributed by atoms with E-state index in [4.69, 9.17) is 16.3 Å². The van der Waals surface area contributed by atoms with E-state index in [1.165, 1.54) is 18.4 Å². The highest BCUT2D eigenvalue weighted by atomic mass is 35.5. The standard InChI is InChI=1S/C17H14ClN3O2S/c1-23-15-6-5-11(18)8-13(15)16(22)20-9-12-10-24-17(21-12)14-4-2-3-7-19-14/h2-8,10H,9H2,1H3,(H,20,22). The topological polar surface area (TPSA) is 64.1 Å². The van der Waals surface area contributed by atoms with E-state index in [0.717, 1.165) is 16.4 Å². The van der Waals surface area contributed by atoms with E-state index in [1.54, 1.807) is 24.4 Å². The molecule has 0 saturated carbocycles. The molecule has 0 aliphatic heterocycles. The van der Waals surface area contributed by atoms with Crippen LogP contribution in [0.3, 0.4) is 0 Å². The number of thiazole rings is 1. The fourth-order valence-electron chi connectivity index (χ4n) is 2.12. The highest BCUT2D eigenvalue weighted by Crippen LogP contribution is 2.23. The smallest absolute Gasteiger partial charge is 0.255 e. The first-order chi connectivity index (χ1) is 11.7. The van der Waals surface area contributed by atoms with Gasteiger partial charge in [0.2, 0.25) is 0 Å². The molecule has 7 heteroatoms. The van der Waals surface area contributed by atoms with Gasteiger partial charge in [-0.25, -0.2) is 4.98 Å². The predicted octanol–water partition coefficient (Wildman–Crippen LogP) is 3.80. The van der Waals surface area contributed by atoms with Crippen molar-refractivity contribution in [1.29, 1.82) is 0 Å². The third-order valence-electron chi connectivity index (χ3n) is 3.27. The number of hydrogen-bond donors (Lipinski definition) is 1. The summed E-state index contributed by atoms with van der Waals surface area (Å²) in [6, 6.07) is 10.6. The predicted molar refractivity (Wildman–Crippen MR) is 94.5 cm³/mol. The maximum atomic E-state index is 12.3. The summed E-state index contributed by atoms with van der Waals surface area (Å²) >= 11 is 7.44. The average Bonchev–Trinajstić information content (AvgIpc) is 3.09. The SMILES string of the molecule is COc1ccc(Cl)cc1C(=O)NCc1csc(-c2ccccn2)n1. The van der Waals surface area contributed by atoms with E-state index in [2.05, 4.69) is 15.3 Å². The number of methoxy groups -OCH3 is 1. The van der Waals surface area contributed by atoms with Crippen molar-refractivity contribution in [3.05, 3.63) is 64.3 Å². The van der Waals surface area contributed by atoms with Crippen LogP contribution in [0.5, 0.6) is 5.75 Å². The Morgan fingerprint density at radius 2 is 2.21 bits per heavy atom. The molecule has 3 aromatic rings. The molecule has 0 radical (unpaired) electrons. The van der Waals surface area contributed by atoms with Gasteiger partial charge in [-0.05, 0) is 30.3 Å². The summed E-state index contributed by atoms with van der Waals surface area (Å²) in [6.45, 7) is 0.317. The molecule has 0 saturated heterocycles. The van der Waals surface area contributed by atoms with Crippen molar-refractivity contribution in [3.63, 3.8) is 0 Å². The van der Waals surface area contributed by atoms with Crippen molar-refractivity contribution in [2.45, 2.75) is 6.54 Å². The number of aromatic nitrogens is 2. The normalized spacial score (nSPS) is 10.4. The Labute approximate surface area is 148 Å². The first-order valence-electron chi connectivity index (χ1n) is 7.15. The number of benzene rings is 1. The molecular formula is C17H14ClN3O2S. The van der Waals surface area contributed by atoms with Crippen molar-refractivity contribution < 1.29 is 9.53 Å². The second-order valence-electron chi connectivity index (χ2n) is 4.89. The Kier molecular flexibility index (Phi) is 5.08. The second kappa shape index (κ2) is 7.42. The molecular weight excluding hydrogens is 346 g/mol. The lowest BCUT2D eigenvalue weighted by Crippen LogP contribution is -2.23. The molecule has 0 bridgehead atoms. The van der Waals surface area contributed by atoms with Crippen molar-refractivity contribution in [2.24, 2.45) is 0 Å². The molecule has 5 nitrogen and oxygen atoms in total. The maximum Gasteiger partial charge on any atom is 0.255 e. The Morgan fingerprint density at radius 1 is 1.33 bits per heavy atom. The zero-order valence-electron chi connectivity index (χ0n) is 12.8. The Hall–Kier alpha value is -2.44. The Morgan fingerprint density at radius 3 is 2.96 bits per heavy atom. The van der Waals surface area contributed by atoms with Crippen LogP contribution in [0.1, 0.15) is 16.1 Å². The number of halogens is 1. The van der Waals surface area contributed by atoms with E-state index in [1.807, 2.05) is 23.6 Å². The summed E-state index contributed by atoms with van der Waals surface area (Å²) < 4.78 is 5.19. The van der Waals surface area contributed by atoms with E-state index in [0.29, 0.717) is 22.9 Å². The first-order valence-corrected chi connectivity index (χ1v) is 8.40. The third-order valence-corrected chi connectivity index (χ3v) is 4.42. The highest BCUT2D eigenvalue weighted by Gasteiger charge is 2.13. The lowest BCUT2D eigenvalue weighted by molar-refractivity contribution is 0.0947. The van der Waals surface area contributed by atoms with Crippen LogP contribution in [0.2, 0.25) is 5.02 Å². The van der Waals surface area contributed by atoms with Crippen LogP contribution in [0.25, 0.3) is 10.7 Å². The van der Waals surface area contributed by atoms with Crippen LogP contribution in [0.15, 0.2) is 48.0 Å². The van der Waals surface area contributed by atoms with Crippen molar-refractivity contribution >= 4 is 28.8 Å². The van der Waals surface area contributed by atoms with Gasteiger partial charge in [0, 0.05) is 16.6 Å². The van der Waals surface area contributed by atoms with Gasteiger partial charge in [0.1, 0.15) is 10.8 Å². The van der Waals surface area contributed by atoms with Gasteiger partial charge in [-0.2, -0.15) is 0 Å². The molecule has 0 fully saturated rings. The number of carbonyl (C=O) groups excluding carboxylic acids is 1. The van der Waals surface area contributed by atoms with E-state index in [-0.39, 0.29) is 5.91 Å². The molecule has 3 rings (SSSR count). The molecule has 2 heterocycles. The molecule has 24 heavy (non-hydrogen) atoms. The molecule has 0 spiro atoms. The molecule has 0 aliphatic rings. The minimum absolute atomic E-state index is 0.262. The number of ether oxygens (including phenoxy) is 1. The number of nitrogens with one attached hydrogen (secondary N) is 1. The second-order valence-corrected chi connectivity index (χ2v) is 6.18. The molecule has 1 aromatic carbocycles. The van der Waals surface area contributed by atoms with Crippen molar-refractivity contribution in [3.8, 4) is 16.5 Å². The van der Waals surface area contributed by atoms with Crippen molar-refractivity contribution in [2.75, 3.05) is 7.11 Å². The van der Waals surface area contributed by atoms with Gasteiger partial charge in [-0.3, -0.25) is 9.78 Å². The maximum absolute atomic E-state index is 12.3. The number of amides is 1. The number of nitrogens with zero attached hydrogens (tertiary/aromatic N) is 2. The van der Waals surface area contributed by atoms with Gasteiger partial charge in [-0.1, -0.05) is 17.7 Å². The van der Waals surface area contributed by atoms with Crippen LogP contribution < -0.4 is 10.1 Å². The number of pyridine rings is 1. The van der Waals surface area contributed by atoms with Gasteiger partial charge in [-0.15, -0.1) is 11.3 Å². The summed E-state index contributed by atoms with van der Waals surface area (Å²) in [6.07, 6.45) is 1.73. The molecule has 0 atom stereocenters. The molecule has 0 unspecified atom stereocenters. The minimum atomic E-state index is -0.262. The van der Waals surface area contributed by atoms with E-state index < -0.39 is 0 Å². The first kappa shape index (κ1) is 16.4. The lowest BCUT2D eigenvalue weighted by Gasteiger charge is -2.09. The zero-order chi connectivity index (χ0) is 16.9. The average molecular weight is 360 g/mol. The summed E-state index contributed by atoms with van der Waals surface area (Å²) in [5.41, 5.74) is 1.98. The lowest BCUT2D eigenvalue weighted by atomic mass is 10.2. The molecule has 2 aromatic heterocycles. The van der Waals surface area contributed by atoms with E-state index in [9.17, 15) is 4.79 Å². The van der Waals surface area contributed by atoms with E-state index >= 15 is 0 Å². The summed E-state index contributed by atoms with van der Waals surface area (Å²) in [5, 5.41) is 6.03. The summed E-state index contributed by atoms with van der Waals surface area (Å²) in [7, 11) is 1.51. The highest BCUT2D eigenvalue weighted by molar-refractivity contribution is 7.13. The third kappa shape index (κ3) is 3.72. The zero-order valence-corrected chi connectivity index (χ0v) is 14.4. The Balaban J connectivity index is 1.69. The number of carbonyl (C=O) groups is 1. The van der Waals surface area contributed by atoms with Gasteiger partial charge >= 0.3 is 0 Å². The monoisotopic (exact) mass is 359 g/mol. The number of rotatable bonds is 5. The van der Waals surface area contributed by atoms with Crippen LogP contribution in [-0.4, -0.2) is 23.0 Å². The van der Waals surface area contributed by atoms with Gasteiger partial charge < -0.3 is 10.1 Å². The van der Waals surface area contributed by atoms with Crippen LogP contribution in [-0.2, 0) is 6.54 Å². The molecule has 0 aliphatic carbocycles. The number of hydrogen-bond acceptors (Lipinski definition) is 5. The summed E-state index contributed by atoms with van der Waals surface area (Å²) in [5.74, 6) is 0.214. The molecule has 122 valence electrons. The fourth-order valence-corrected chi connectivity index (χ4v) is 3.09. The van der Waals surface area contributed by atoms with Crippen LogP contribution in [0, 0.1) is 0 Å². The quantitative estimate of drug-likeness (QED) is 0.752. The van der Waals surface area contributed by atoms with Gasteiger partial charge in [0.15, 0.2) is 0 Å². The minimum Gasteiger partial charge on any atom is -0.496 e. The van der Waals surface area contributed by atoms with Gasteiger partial charge in [0.25, 0.3) is 5.91 Å². The van der Waals surface area contributed by atoms with Crippen LogP contribution in [0.4, 0.5) is 0 Å². The molecule has 1 amide bonds. The largest absolute Gasteiger partial charge is 0.496 e. The molecule has 1 N–H and O–H groups in total.